The number of hydrogen-bond acceptors (Lipinski definition) is 2. The highest BCUT2D eigenvalue weighted by atomic mass is 16.1. The van der Waals surface area contributed by atoms with E-state index in [9.17, 15) is 4.79 Å². The van der Waals surface area contributed by atoms with Crippen LogP contribution in [0, 0.1) is 5.92 Å². The van der Waals surface area contributed by atoms with E-state index in [4.69, 9.17) is 0 Å². The Labute approximate surface area is 103 Å². The molecule has 0 unspecified atom stereocenters. The first-order valence-electron chi connectivity index (χ1n) is 6.36. The van der Waals surface area contributed by atoms with Crippen LogP contribution in [0.5, 0.6) is 0 Å². The molecule has 0 atom stereocenters. The topological polar surface area (TPSA) is 41.1 Å². The number of benzene rings is 1. The molecule has 92 valence electrons. The lowest BCUT2D eigenvalue weighted by Crippen LogP contribution is -2.44. The zero-order valence-corrected chi connectivity index (χ0v) is 10.1. The van der Waals surface area contributed by atoms with E-state index < -0.39 is 0 Å². The largest absolute Gasteiger partial charge is 0.356 e. The van der Waals surface area contributed by atoms with Crippen LogP contribution in [0.1, 0.15) is 18.4 Å². The molecule has 0 aromatic heterocycles. The van der Waals surface area contributed by atoms with Gasteiger partial charge in [-0.3, -0.25) is 4.79 Å². The zero-order valence-electron chi connectivity index (χ0n) is 10.1. The van der Waals surface area contributed by atoms with E-state index in [0.29, 0.717) is 12.3 Å². The number of carbonyl (C=O) groups is 1. The average molecular weight is 232 g/mol. The Morgan fingerprint density at radius 3 is 2.71 bits per heavy atom. The maximum Gasteiger partial charge on any atom is 0.220 e. The van der Waals surface area contributed by atoms with Crippen molar-refractivity contribution >= 4 is 5.91 Å². The van der Waals surface area contributed by atoms with Gasteiger partial charge in [0.15, 0.2) is 0 Å². The van der Waals surface area contributed by atoms with Crippen LogP contribution >= 0.6 is 0 Å². The van der Waals surface area contributed by atoms with Gasteiger partial charge in [0.2, 0.25) is 5.91 Å². The fourth-order valence-corrected chi connectivity index (χ4v) is 1.99. The van der Waals surface area contributed by atoms with Crippen LogP contribution in [0.25, 0.3) is 0 Å². The highest BCUT2D eigenvalue weighted by Crippen LogP contribution is 2.07. The van der Waals surface area contributed by atoms with Crippen molar-refractivity contribution in [2.24, 2.45) is 5.92 Å². The molecule has 1 fully saturated rings. The van der Waals surface area contributed by atoms with E-state index in [-0.39, 0.29) is 5.91 Å². The SMILES string of the molecule is O=C(CC1CNC1)NCCCc1ccccc1. The van der Waals surface area contributed by atoms with Crippen LogP contribution in [0.15, 0.2) is 30.3 Å². The number of nitrogens with one attached hydrogen (secondary N) is 2. The maximum atomic E-state index is 11.5. The highest BCUT2D eigenvalue weighted by molar-refractivity contribution is 5.76. The van der Waals surface area contributed by atoms with Crippen molar-refractivity contribution in [3.05, 3.63) is 35.9 Å². The summed E-state index contributed by atoms with van der Waals surface area (Å²) in [5.41, 5.74) is 1.34. The predicted octanol–water partition coefficient (Wildman–Crippen LogP) is 1.34. The summed E-state index contributed by atoms with van der Waals surface area (Å²) in [4.78, 5) is 11.5. The molecule has 1 saturated heterocycles. The number of rotatable bonds is 6. The van der Waals surface area contributed by atoms with Gasteiger partial charge in [0.25, 0.3) is 0 Å². The smallest absolute Gasteiger partial charge is 0.220 e. The third-order valence-corrected chi connectivity index (χ3v) is 3.15. The minimum Gasteiger partial charge on any atom is -0.356 e. The van der Waals surface area contributed by atoms with Crippen LogP contribution in [0.2, 0.25) is 0 Å². The van der Waals surface area contributed by atoms with Crippen molar-refractivity contribution in [1.82, 2.24) is 10.6 Å². The van der Waals surface area contributed by atoms with Gasteiger partial charge in [-0.05, 0) is 37.4 Å². The normalized spacial score (nSPS) is 15.3. The van der Waals surface area contributed by atoms with E-state index in [0.717, 1.165) is 32.5 Å². The third-order valence-electron chi connectivity index (χ3n) is 3.15. The zero-order chi connectivity index (χ0) is 11.9. The van der Waals surface area contributed by atoms with Crippen molar-refractivity contribution in [3.63, 3.8) is 0 Å². The first-order chi connectivity index (χ1) is 8.34. The molecule has 1 aromatic rings. The summed E-state index contributed by atoms with van der Waals surface area (Å²) >= 11 is 0. The fraction of sp³-hybridized carbons (Fsp3) is 0.500. The second-order valence-corrected chi connectivity index (χ2v) is 4.67. The Morgan fingerprint density at radius 1 is 1.29 bits per heavy atom. The van der Waals surface area contributed by atoms with Crippen molar-refractivity contribution in [2.45, 2.75) is 19.3 Å². The first-order valence-corrected chi connectivity index (χ1v) is 6.36. The lowest BCUT2D eigenvalue weighted by molar-refractivity contribution is -0.122. The molecule has 1 aromatic carbocycles. The molecule has 0 saturated carbocycles. The molecule has 0 bridgehead atoms. The molecule has 0 aliphatic carbocycles. The van der Waals surface area contributed by atoms with Crippen molar-refractivity contribution in [1.29, 1.82) is 0 Å². The maximum absolute atomic E-state index is 11.5. The van der Waals surface area contributed by atoms with Gasteiger partial charge in [-0.1, -0.05) is 30.3 Å². The summed E-state index contributed by atoms with van der Waals surface area (Å²) in [5, 5.41) is 6.16. The summed E-state index contributed by atoms with van der Waals surface area (Å²) in [6.07, 6.45) is 2.73. The number of hydrogen-bond donors (Lipinski definition) is 2. The van der Waals surface area contributed by atoms with Crippen LogP contribution < -0.4 is 10.6 Å². The monoisotopic (exact) mass is 232 g/mol. The Balaban J connectivity index is 1.55. The van der Waals surface area contributed by atoms with E-state index in [1.165, 1.54) is 5.56 Å². The Kier molecular flexibility index (Phi) is 4.56. The third kappa shape index (κ3) is 4.19. The van der Waals surface area contributed by atoms with E-state index in [2.05, 4.69) is 34.9 Å². The van der Waals surface area contributed by atoms with Crippen LogP contribution in [0.3, 0.4) is 0 Å². The standard InChI is InChI=1S/C14H20N2O/c17-14(9-13-10-15-11-13)16-8-4-7-12-5-2-1-3-6-12/h1-3,5-6,13,15H,4,7-11H2,(H,16,17). The van der Waals surface area contributed by atoms with E-state index in [1.807, 2.05) is 6.07 Å². The van der Waals surface area contributed by atoms with Gasteiger partial charge in [-0.15, -0.1) is 0 Å². The molecule has 1 aliphatic heterocycles. The summed E-state index contributed by atoms with van der Waals surface area (Å²) < 4.78 is 0. The Hall–Kier alpha value is -1.35. The fourth-order valence-electron chi connectivity index (χ4n) is 1.99. The molecule has 2 N–H and O–H groups in total. The molecule has 1 amide bonds. The lowest BCUT2D eigenvalue weighted by Gasteiger charge is -2.26. The van der Waals surface area contributed by atoms with Gasteiger partial charge in [0.1, 0.15) is 0 Å². The molecule has 0 radical (unpaired) electrons. The first kappa shape index (κ1) is 12.1. The van der Waals surface area contributed by atoms with Gasteiger partial charge in [0.05, 0.1) is 0 Å². The van der Waals surface area contributed by atoms with Crippen molar-refractivity contribution in [3.8, 4) is 0 Å². The highest BCUT2D eigenvalue weighted by Gasteiger charge is 2.19. The second-order valence-electron chi connectivity index (χ2n) is 4.67. The molecule has 1 aliphatic rings. The number of aryl methyl sites for hydroxylation is 1. The van der Waals surface area contributed by atoms with E-state index in [1.54, 1.807) is 0 Å². The molecule has 3 nitrogen and oxygen atoms in total. The van der Waals surface area contributed by atoms with Crippen molar-refractivity contribution in [2.75, 3.05) is 19.6 Å². The number of carbonyl (C=O) groups excluding carboxylic acids is 1. The van der Waals surface area contributed by atoms with Gasteiger partial charge < -0.3 is 10.6 Å². The quantitative estimate of drug-likeness (QED) is 0.727. The molecular weight excluding hydrogens is 212 g/mol. The molecule has 0 spiro atoms. The molecule has 3 heteroatoms. The van der Waals surface area contributed by atoms with Gasteiger partial charge in [-0.25, -0.2) is 0 Å². The van der Waals surface area contributed by atoms with Crippen LogP contribution in [-0.2, 0) is 11.2 Å². The van der Waals surface area contributed by atoms with Gasteiger partial charge in [-0.2, -0.15) is 0 Å². The molecule has 2 rings (SSSR count). The van der Waals surface area contributed by atoms with Gasteiger partial charge in [0, 0.05) is 13.0 Å². The molecule has 17 heavy (non-hydrogen) atoms. The lowest BCUT2D eigenvalue weighted by atomic mass is 9.99. The Bertz CT molecular complexity index is 346. The minimum absolute atomic E-state index is 0.199. The summed E-state index contributed by atoms with van der Waals surface area (Å²) in [7, 11) is 0. The average Bonchev–Trinajstić information content (AvgIpc) is 2.31. The van der Waals surface area contributed by atoms with Crippen molar-refractivity contribution < 1.29 is 4.79 Å². The summed E-state index contributed by atoms with van der Waals surface area (Å²) in [6, 6.07) is 10.4. The summed E-state index contributed by atoms with van der Waals surface area (Å²) in [5.74, 6) is 0.758. The van der Waals surface area contributed by atoms with Gasteiger partial charge >= 0.3 is 0 Å². The van der Waals surface area contributed by atoms with E-state index >= 15 is 0 Å². The predicted molar refractivity (Wildman–Crippen MR) is 68.7 cm³/mol. The number of amides is 1. The Morgan fingerprint density at radius 2 is 2.06 bits per heavy atom. The summed E-state index contributed by atoms with van der Waals surface area (Å²) in [6.45, 7) is 2.78. The minimum atomic E-state index is 0.199. The van der Waals surface area contributed by atoms with Crippen LogP contribution in [-0.4, -0.2) is 25.5 Å². The molecule has 1 heterocycles. The second kappa shape index (κ2) is 6.40. The van der Waals surface area contributed by atoms with Crippen LogP contribution in [0.4, 0.5) is 0 Å². The molecular formula is C14H20N2O.